The maximum absolute atomic E-state index is 5.44. The molecule has 0 amide bonds. The van der Waals surface area contributed by atoms with Crippen molar-refractivity contribution in [3.05, 3.63) is 18.2 Å². The first-order valence-corrected chi connectivity index (χ1v) is 5.47. The van der Waals surface area contributed by atoms with E-state index in [0.717, 1.165) is 0 Å². The maximum Gasteiger partial charge on any atom is 0.342 e. The number of anilines is 1. The molecule has 0 aliphatic heterocycles. The molecule has 8 nitrogen and oxygen atoms in total. The minimum absolute atomic E-state index is 0.164. The van der Waals surface area contributed by atoms with Crippen molar-refractivity contribution in [2.75, 3.05) is 5.43 Å². The molecule has 96 valence electrons. The number of nitrogen functional groups attached to an aromatic ring is 1. The average molecular weight is 249 g/mol. The van der Waals surface area contributed by atoms with E-state index in [1.807, 2.05) is 13.8 Å². The predicted molar refractivity (Wildman–Crippen MR) is 65.0 cm³/mol. The Labute approximate surface area is 104 Å². The van der Waals surface area contributed by atoms with E-state index in [1.54, 1.807) is 24.1 Å². The average Bonchev–Trinajstić information content (AvgIpc) is 2.74. The van der Waals surface area contributed by atoms with Crippen LogP contribution in [0.1, 0.15) is 25.6 Å². The number of aryl methyl sites for hydroxylation is 1. The summed E-state index contributed by atoms with van der Waals surface area (Å²) in [5.41, 5.74) is 2.48. The molecule has 0 saturated heterocycles. The van der Waals surface area contributed by atoms with Crippen molar-refractivity contribution in [2.45, 2.75) is 19.8 Å². The quantitative estimate of drug-likeness (QED) is 0.610. The number of hydrogen-bond acceptors (Lipinski definition) is 7. The first kappa shape index (κ1) is 12.2. The van der Waals surface area contributed by atoms with E-state index in [1.165, 1.54) is 0 Å². The molecule has 0 bridgehead atoms. The summed E-state index contributed by atoms with van der Waals surface area (Å²) in [4.78, 5) is 12.5. The van der Waals surface area contributed by atoms with Gasteiger partial charge in [-0.1, -0.05) is 13.8 Å². The molecular weight excluding hydrogens is 234 g/mol. The fourth-order valence-corrected chi connectivity index (χ4v) is 1.29. The molecular formula is C10H15N7O. The van der Waals surface area contributed by atoms with Crippen LogP contribution in [0.2, 0.25) is 0 Å². The second kappa shape index (κ2) is 4.96. The molecule has 2 aromatic heterocycles. The summed E-state index contributed by atoms with van der Waals surface area (Å²) in [5.74, 6) is 6.99. The standard InChI is InChI=1S/C10H15N7O/c1-6(2)9-13-7(15-11)4-8(14-9)18-10-12-5-17(3)16-10/h4-6H,11H2,1-3H3,(H,13,14,15). The van der Waals surface area contributed by atoms with Crippen LogP contribution in [0.3, 0.4) is 0 Å². The Morgan fingerprint density at radius 2 is 2.17 bits per heavy atom. The second-order valence-electron chi connectivity index (χ2n) is 4.05. The van der Waals surface area contributed by atoms with E-state index >= 15 is 0 Å². The summed E-state index contributed by atoms with van der Waals surface area (Å²) in [6.45, 7) is 3.97. The van der Waals surface area contributed by atoms with Crippen LogP contribution >= 0.6 is 0 Å². The molecule has 0 aliphatic rings. The third-order valence-corrected chi connectivity index (χ3v) is 2.16. The van der Waals surface area contributed by atoms with E-state index in [2.05, 4.69) is 25.5 Å². The Hall–Kier alpha value is -2.22. The van der Waals surface area contributed by atoms with Gasteiger partial charge in [0.15, 0.2) is 0 Å². The molecule has 0 radical (unpaired) electrons. The summed E-state index contributed by atoms with van der Waals surface area (Å²) in [7, 11) is 1.76. The lowest BCUT2D eigenvalue weighted by molar-refractivity contribution is 0.418. The number of nitrogens with two attached hydrogens (primary N) is 1. The Morgan fingerprint density at radius 3 is 2.72 bits per heavy atom. The number of aromatic nitrogens is 5. The molecule has 3 N–H and O–H groups in total. The highest BCUT2D eigenvalue weighted by Gasteiger charge is 2.10. The number of ether oxygens (including phenoxy) is 1. The Balaban J connectivity index is 2.29. The van der Waals surface area contributed by atoms with E-state index < -0.39 is 0 Å². The van der Waals surface area contributed by atoms with Gasteiger partial charge < -0.3 is 10.2 Å². The Bertz CT molecular complexity index is 537. The van der Waals surface area contributed by atoms with Gasteiger partial charge in [0.25, 0.3) is 0 Å². The smallest absolute Gasteiger partial charge is 0.342 e. The summed E-state index contributed by atoms with van der Waals surface area (Å²) in [5, 5.41) is 4.01. The number of hydrogen-bond donors (Lipinski definition) is 2. The van der Waals surface area contributed by atoms with Gasteiger partial charge in [0, 0.05) is 19.0 Å². The third-order valence-electron chi connectivity index (χ3n) is 2.16. The van der Waals surface area contributed by atoms with E-state index in [4.69, 9.17) is 10.6 Å². The monoisotopic (exact) mass is 249 g/mol. The van der Waals surface area contributed by atoms with Crippen molar-refractivity contribution in [2.24, 2.45) is 12.9 Å². The molecule has 2 aromatic rings. The Kier molecular flexibility index (Phi) is 3.38. The fourth-order valence-electron chi connectivity index (χ4n) is 1.29. The van der Waals surface area contributed by atoms with Crippen molar-refractivity contribution >= 4 is 5.82 Å². The fraction of sp³-hybridized carbons (Fsp3) is 0.400. The van der Waals surface area contributed by atoms with Gasteiger partial charge in [0.2, 0.25) is 5.88 Å². The number of nitrogens with one attached hydrogen (secondary N) is 1. The molecule has 0 aliphatic carbocycles. The molecule has 0 spiro atoms. The summed E-state index contributed by atoms with van der Waals surface area (Å²) >= 11 is 0. The van der Waals surface area contributed by atoms with E-state index in [-0.39, 0.29) is 11.9 Å². The van der Waals surface area contributed by atoms with Crippen LogP contribution in [0, 0.1) is 0 Å². The van der Waals surface area contributed by atoms with Crippen molar-refractivity contribution in [3.63, 3.8) is 0 Å². The molecule has 18 heavy (non-hydrogen) atoms. The highest BCUT2D eigenvalue weighted by atomic mass is 16.5. The Morgan fingerprint density at radius 1 is 1.39 bits per heavy atom. The minimum Gasteiger partial charge on any atom is -0.404 e. The lowest BCUT2D eigenvalue weighted by Crippen LogP contribution is -2.11. The maximum atomic E-state index is 5.44. The van der Waals surface area contributed by atoms with E-state index in [0.29, 0.717) is 17.5 Å². The number of nitrogens with zero attached hydrogens (tertiary/aromatic N) is 5. The largest absolute Gasteiger partial charge is 0.404 e. The highest BCUT2D eigenvalue weighted by molar-refractivity contribution is 5.38. The molecule has 0 saturated carbocycles. The van der Waals surface area contributed by atoms with Gasteiger partial charge in [0.05, 0.1) is 0 Å². The van der Waals surface area contributed by atoms with Crippen LogP contribution in [-0.2, 0) is 7.05 Å². The first-order valence-electron chi connectivity index (χ1n) is 5.47. The van der Waals surface area contributed by atoms with Crippen LogP contribution in [-0.4, -0.2) is 24.7 Å². The summed E-state index contributed by atoms with van der Waals surface area (Å²) in [6.07, 6.45) is 1.54. The zero-order valence-electron chi connectivity index (χ0n) is 10.5. The number of hydrazine groups is 1. The van der Waals surface area contributed by atoms with Crippen LogP contribution in [0.15, 0.2) is 12.4 Å². The lowest BCUT2D eigenvalue weighted by Gasteiger charge is -2.08. The lowest BCUT2D eigenvalue weighted by atomic mass is 10.2. The predicted octanol–water partition coefficient (Wildman–Crippen LogP) is 0.806. The molecule has 0 aromatic carbocycles. The van der Waals surface area contributed by atoms with Crippen LogP contribution < -0.4 is 16.0 Å². The zero-order chi connectivity index (χ0) is 13.1. The number of rotatable bonds is 4. The summed E-state index contributed by atoms with van der Waals surface area (Å²) < 4.78 is 6.99. The third kappa shape index (κ3) is 2.72. The van der Waals surface area contributed by atoms with Gasteiger partial charge in [-0.05, 0) is 0 Å². The van der Waals surface area contributed by atoms with Gasteiger partial charge in [-0.25, -0.2) is 10.8 Å². The SMILES string of the molecule is CC(C)c1nc(NN)cc(Oc2ncn(C)n2)n1. The highest BCUT2D eigenvalue weighted by Crippen LogP contribution is 2.20. The molecule has 0 atom stereocenters. The van der Waals surface area contributed by atoms with Crippen molar-refractivity contribution < 1.29 is 4.74 Å². The van der Waals surface area contributed by atoms with Crippen LogP contribution in [0.4, 0.5) is 5.82 Å². The van der Waals surface area contributed by atoms with Gasteiger partial charge in [-0.15, -0.1) is 5.10 Å². The van der Waals surface area contributed by atoms with Crippen LogP contribution in [0.25, 0.3) is 0 Å². The van der Waals surface area contributed by atoms with Gasteiger partial charge in [-0.3, -0.25) is 4.68 Å². The molecule has 0 unspecified atom stereocenters. The molecule has 2 heterocycles. The normalized spacial score (nSPS) is 10.7. The molecule has 8 heteroatoms. The molecule has 2 rings (SSSR count). The van der Waals surface area contributed by atoms with Crippen molar-refractivity contribution in [3.8, 4) is 11.9 Å². The van der Waals surface area contributed by atoms with Crippen molar-refractivity contribution in [1.82, 2.24) is 24.7 Å². The van der Waals surface area contributed by atoms with Gasteiger partial charge >= 0.3 is 6.01 Å². The van der Waals surface area contributed by atoms with Gasteiger partial charge in [0.1, 0.15) is 18.0 Å². The zero-order valence-corrected chi connectivity index (χ0v) is 10.5. The summed E-state index contributed by atoms with van der Waals surface area (Å²) in [6, 6.07) is 1.82. The molecule has 0 fully saturated rings. The van der Waals surface area contributed by atoms with Gasteiger partial charge in [-0.2, -0.15) is 9.97 Å². The van der Waals surface area contributed by atoms with E-state index in [9.17, 15) is 0 Å². The van der Waals surface area contributed by atoms with Crippen LogP contribution in [0.5, 0.6) is 11.9 Å². The topological polar surface area (TPSA) is 104 Å². The first-order chi connectivity index (χ1) is 8.58. The second-order valence-corrected chi connectivity index (χ2v) is 4.05. The van der Waals surface area contributed by atoms with Crippen molar-refractivity contribution in [1.29, 1.82) is 0 Å². The minimum atomic E-state index is 0.164.